The predicted octanol–water partition coefficient (Wildman–Crippen LogP) is 3.91. The molecule has 1 aliphatic rings. The highest BCUT2D eigenvalue weighted by molar-refractivity contribution is 6.02. The van der Waals surface area contributed by atoms with Crippen molar-refractivity contribution in [2.45, 2.75) is 32.7 Å². The van der Waals surface area contributed by atoms with Crippen LogP contribution in [0.2, 0.25) is 0 Å². The lowest BCUT2D eigenvalue weighted by Crippen LogP contribution is -2.26. The monoisotopic (exact) mass is 333 g/mol. The molecular formula is C20H19N3O2. The molecule has 0 saturated heterocycles. The maximum atomic E-state index is 12.8. The number of amides is 1. The number of hydrogen-bond acceptors (Lipinski definition) is 4. The van der Waals surface area contributed by atoms with E-state index >= 15 is 0 Å². The molecule has 126 valence electrons. The van der Waals surface area contributed by atoms with Crippen LogP contribution in [0.1, 0.15) is 34.7 Å². The SMILES string of the molecule is Cc1nnc(-c2cc(C)c(-c3ccccc3)cc2C(=O)NC2CC2)o1. The van der Waals surface area contributed by atoms with Crippen molar-refractivity contribution in [1.29, 1.82) is 0 Å². The van der Waals surface area contributed by atoms with Crippen LogP contribution in [0.25, 0.3) is 22.6 Å². The Morgan fingerprint density at radius 2 is 1.84 bits per heavy atom. The van der Waals surface area contributed by atoms with E-state index in [0.29, 0.717) is 22.9 Å². The van der Waals surface area contributed by atoms with E-state index < -0.39 is 0 Å². The van der Waals surface area contributed by atoms with Gasteiger partial charge in [-0.25, -0.2) is 0 Å². The lowest BCUT2D eigenvalue weighted by Gasteiger charge is -2.13. The average Bonchev–Trinajstić information content (AvgIpc) is 3.32. The van der Waals surface area contributed by atoms with Gasteiger partial charge in [0.15, 0.2) is 0 Å². The molecule has 1 fully saturated rings. The molecule has 2 aromatic carbocycles. The molecule has 0 spiro atoms. The summed E-state index contributed by atoms with van der Waals surface area (Å²) in [5.41, 5.74) is 4.41. The molecule has 5 nitrogen and oxygen atoms in total. The molecule has 5 heteroatoms. The van der Waals surface area contributed by atoms with Crippen molar-refractivity contribution in [3.63, 3.8) is 0 Å². The second kappa shape index (κ2) is 6.16. The van der Waals surface area contributed by atoms with Crippen LogP contribution in [-0.4, -0.2) is 22.1 Å². The Balaban J connectivity index is 1.85. The number of carbonyl (C=O) groups excluding carboxylic acids is 1. The first-order valence-electron chi connectivity index (χ1n) is 8.43. The summed E-state index contributed by atoms with van der Waals surface area (Å²) in [6, 6.07) is 14.2. The number of aryl methyl sites for hydroxylation is 2. The topological polar surface area (TPSA) is 68.0 Å². The first kappa shape index (κ1) is 15.6. The van der Waals surface area contributed by atoms with Crippen LogP contribution in [0.3, 0.4) is 0 Å². The Labute approximate surface area is 146 Å². The first-order valence-corrected chi connectivity index (χ1v) is 8.43. The van der Waals surface area contributed by atoms with Crippen molar-refractivity contribution in [2.24, 2.45) is 0 Å². The van der Waals surface area contributed by atoms with Crippen LogP contribution in [0.15, 0.2) is 46.9 Å². The van der Waals surface area contributed by atoms with E-state index in [2.05, 4.69) is 15.5 Å². The molecule has 0 aliphatic heterocycles. The molecule has 1 aromatic heterocycles. The van der Waals surface area contributed by atoms with Gasteiger partial charge in [-0.2, -0.15) is 0 Å². The highest BCUT2D eigenvalue weighted by Gasteiger charge is 2.26. The normalized spacial score (nSPS) is 13.7. The van der Waals surface area contributed by atoms with Gasteiger partial charge in [-0.05, 0) is 48.6 Å². The van der Waals surface area contributed by atoms with Gasteiger partial charge in [-0.15, -0.1) is 10.2 Å². The minimum atomic E-state index is -0.0921. The summed E-state index contributed by atoms with van der Waals surface area (Å²) in [6.07, 6.45) is 2.08. The Morgan fingerprint density at radius 3 is 2.48 bits per heavy atom. The summed E-state index contributed by atoms with van der Waals surface area (Å²) >= 11 is 0. The van der Waals surface area contributed by atoms with Crippen molar-refractivity contribution < 1.29 is 9.21 Å². The van der Waals surface area contributed by atoms with Crippen LogP contribution in [0, 0.1) is 13.8 Å². The average molecular weight is 333 g/mol. The summed E-state index contributed by atoms with van der Waals surface area (Å²) in [4.78, 5) is 12.8. The molecule has 1 saturated carbocycles. The zero-order chi connectivity index (χ0) is 17.4. The highest BCUT2D eigenvalue weighted by Crippen LogP contribution is 2.32. The van der Waals surface area contributed by atoms with Gasteiger partial charge >= 0.3 is 0 Å². The van der Waals surface area contributed by atoms with Crippen LogP contribution in [0.4, 0.5) is 0 Å². The summed E-state index contributed by atoms with van der Waals surface area (Å²) in [5, 5.41) is 11.1. The van der Waals surface area contributed by atoms with Crippen molar-refractivity contribution in [1.82, 2.24) is 15.5 Å². The largest absolute Gasteiger partial charge is 0.421 e. The summed E-state index contributed by atoms with van der Waals surface area (Å²) in [6.45, 7) is 3.77. The molecule has 1 heterocycles. The maximum Gasteiger partial charge on any atom is 0.252 e. The number of nitrogens with zero attached hydrogens (tertiary/aromatic N) is 2. The van der Waals surface area contributed by atoms with Crippen LogP contribution in [0.5, 0.6) is 0 Å². The van der Waals surface area contributed by atoms with Gasteiger partial charge in [-0.1, -0.05) is 30.3 Å². The first-order chi connectivity index (χ1) is 12.1. The molecule has 0 bridgehead atoms. The van der Waals surface area contributed by atoms with Gasteiger partial charge in [0.1, 0.15) is 0 Å². The number of rotatable bonds is 4. The van der Waals surface area contributed by atoms with Crippen LogP contribution in [-0.2, 0) is 0 Å². The van der Waals surface area contributed by atoms with Gasteiger partial charge in [0.05, 0.1) is 11.1 Å². The number of nitrogens with one attached hydrogen (secondary N) is 1. The quantitative estimate of drug-likeness (QED) is 0.786. The molecule has 0 atom stereocenters. The standard InChI is InChI=1S/C20H19N3O2/c1-12-10-18(20-23-22-13(2)25-20)17(19(24)21-15-8-9-15)11-16(12)14-6-4-3-5-7-14/h3-7,10-11,15H,8-9H2,1-2H3,(H,21,24). The highest BCUT2D eigenvalue weighted by atomic mass is 16.4. The molecule has 4 rings (SSSR count). The molecule has 0 radical (unpaired) electrons. The van der Waals surface area contributed by atoms with Crippen molar-refractivity contribution in [3.05, 3.63) is 59.5 Å². The summed E-state index contributed by atoms with van der Waals surface area (Å²) in [7, 11) is 0. The van der Waals surface area contributed by atoms with Crippen molar-refractivity contribution in [3.8, 4) is 22.6 Å². The number of hydrogen-bond donors (Lipinski definition) is 1. The van der Waals surface area contributed by atoms with E-state index in [1.807, 2.05) is 49.4 Å². The summed E-state index contributed by atoms with van der Waals surface area (Å²) in [5.74, 6) is 0.764. The Bertz CT molecular complexity index is 927. The van der Waals surface area contributed by atoms with Crippen molar-refractivity contribution in [2.75, 3.05) is 0 Å². The number of benzene rings is 2. The maximum absolute atomic E-state index is 12.8. The zero-order valence-corrected chi connectivity index (χ0v) is 14.2. The van der Waals surface area contributed by atoms with Crippen molar-refractivity contribution >= 4 is 5.91 Å². The molecule has 0 unspecified atom stereocenters. The molecular weight excluding hydrogens is 314 g/mol. The molecule has 1 aliphatic carbocycles. The Hall–Kier alpha value is -2.95. The molecule has 1 N–H and O–H groups in total. The third-order valence-electron chi connectivity index (χ3n) is 4.36. The second-order valence-corrected chi connectivity index (χ2v) is 6.45. The molecule has 3 aromatic rings. The molecule has 25 heavy (non-hydrogen) atoms. The fourth-order valence-electron chi connectivity index (χ4n) is 2.90. The van der Waals surface area contributed by atoms with E-state index in [9.17, 15) is 4.79 Å². The smallest absolute Gasteiger partial charge is 0.252 e. The lowest BCUT2D eigenvalue weighted by molar-refractivity contribution is 0.0951. The third-order valence-corrected chi connectivity index (χ3v) is 4.36. The number of carbonyl (C=O) groups is 1. The van der Waals surface area contributed by atoms with E-state index in [1.165, 1.54) is 0 Å². The lowest BCUT2D eigenvalue weighted by atomic mass is 9.94. The van der Waals surface area contributed by atoms with E-state index in [1.54, 1.807) is 6.92 Å². The second-order valence-electron chi connectivity index (χ2n) is 6.45. The van der Waals surface area contributed by atoms with E-state index in [0.717, 1.165) is 29.5 Å². The van der Waals surface area contributed by atoms with E-state index in [-0.39, 0.29) is 11.9 Å². The minimum absolute atomic E-state index is 0.0921. The minimum Gasteiger partial charge on any atom is -0.421 e. The number of aromatic nitrogens is 2. The van der Waals surface area contributed by atoms with E-state index in [4.69, 9.17) is 4.42 Å². The van der Waals surface area contributed by atoms with Gasteiger partial charge in [0, 0.05) is 13.0 Å². The van der Waals surface area contributed by atoms with Crippen LogP contribution >= 0.6 is 0 Å². The zero-order valence-electron chi connectivity index (χ0n) is 14.2. The molecule has 1 amide bonds. The van der Waals surface area contributed by atoms with Crippen LogP contribution < -0.4 is 5.32 Å². The fraction of sp³-hybridized carbons (Fsp3) is 0.250. The van der Waals surface area contributed by atoms with Gasteiger partial charge in [0.2, 0.25) is 11.8 Å². The van der Waals surface area contributed by atoms with Gasteiger partial charge in [-0.3, -0.25) is 4.79 Å². The Kier molecular flexibility index (Phi) is 3.84. The third kappa shape index (κ3) is 3.18. The predicted molar refractivity (Wildman–Crippen MR) is 95.1 cm³/mol. The Morgan fingerprint density at radius 1 is 1.08 bits per heavy atom. The summed E-state index contributed by atoms with van der Waals surface area (Å²) < 4.78 is 5.58. The fourth-order valence-corrected chi connectivity index (χ4v) is 2.90. The van der Waals surface area contributed by atoms with Gasteiger partial charge in [0.25, 0.3) is 5.91 Å². The van der Waals surface area contributed by atoms with Gasteiger partial charge < -0.3 is 9.73 Å².